The van der Waals surface area contributed by atoms with Crippen molar-refractivity contribution in [3.05, 3.63) is 48.0 Å². The van der Waals surface area contributed by atoms with Gasteiger partial charge in [0.25, 0.3) is 0 Å². The quantitative estimate of drug-likeness (QED) is 0.222. The highest BCUT2D eigenvalue weighted by Crippen LogP contribution is 2.30. The molecule has 0 saturated carbocycles. The van der Waals surface area contributed by atoms with Gasteiger partial charge in [-0.3, -0.25) is 14.9 Å². The third-order valence-electron chi connectivity index (χ3n) is 4.48. The molecule has 0 spiro atoms. The number of carbonyl (C=O) groups excluding carboxylic acids is 2. The summed E-state index contributed by atoms with van der Waals surface area (Å²) < 4.78 is 21.4. The minimum Gasteiger partial charge on any atom is -0.497 e. The smallest absolute Gasteiger partial charge is 0.250 e. The first-order chi connectivity index (χ1) is 16.9. The van der Waals surface area contributed by atoms with Crippen LogP contribution < -0.4 is 29.6 Å². The Morgan fingerprint density at radius 3 is 2.37 bits per heavy atom. The van der Waals surface area contributed by atoms with Gasteiger partial charge in [-0.1, -0.05) is 29.2 Å². The van der Waals surface area contributed by atoms with Gasteiger partial charge < -0.3 is 24.3 Å². The standard InChI is InChI=1S/C23H24N4O6S2/c1-30-15-7-9-17(31-2)16(12-15)24-21(29)13-34-23-27-26-22(35-23)25-20(28)10-6-14-5-8-18(32-3)19(11-14)33-4/h5-12H,13H2,1-4H3,(H,24,29)(H,25,26,28)/b10-6+. The number of ether oxygens (including phenoxy) is 4. The molecule has 184 valence electrons. The van der Waals surface area contributed by atoms with Crippen LogP contribution in [-0.2, 0) is 9.59 Å². The monoisotopic (exact) mass is 516 g/mol. The van der Waals surface area contributed by atoms with Gasteiger partial charge in [-0.05, 0) is 35.9 Å². The van der Waals surface area contributed by atoms with E-state index in [1.165, 1.54) is 36.3 Å². The lowest BCUT2D eigenvalue weighted by Gasteiger charge is -2.11. The van der Waals surface area contributed by atoms with Crippen molar-refractivity contribution < 1.29 is 28.5 Å². The molecule has 0 fully saturated rings. The van der Waals surface area contributed by atoms with E-state index in [4.69, 9.17) is 18.9 Å². The number of amides is 2. The second kappa shape index (κ2) is 12.6. The molecular weight excluding hydrogens is 492 g/mol. The summed E-state index contributed by atoms with van der Waals surface area (Å²) in [6.45, 7) is 0. The molecule has 1 aromatic heterocycles. The van der Waals surface area contributed by atoms with Crippen LogP contribution in [0, 0.1) is 0 Å². The number of nitrogens with zero attached hydrogens (tertiary/aromatic N) is 2. The Bertz CT molecular complexity index is 1210. The van der Waals surface area contributed by atoms with E-state index in [9.17, 15) is 9.59 Å². The number of hydrogen-bond donors (Lipinski definition) is 2. The first-order valence-electron chi connectivity index (χ1n) is 10.1. The van der Waals surface area contributed by atoms with Gasteiger partial charge >= 0.3 is 0 Å². The minimum atomic E-state index is -0.365. The number of anilines is 2. The van der Waals surface area contributed by atoms with Crippen molar-refractivity contribution in [2.24, 2.45) is 0 Å². The van der Waals surface area contributed by atoms with Crippen LogP contribution in [0.3, 0.4) is 0 Å². The molecule has 0 aliphatic carbocycles. The summed E-state index contributed by atoms with van der Waals surface area (Å²) in [5, 5.41) is 13.7. The third-order valence-corrected chi connectivity index (χ3v) is 6.45. The van der Waals surface area contributed by atoms with Gasteiger partial charge in [0.05, 0.1) is 39.9 Å². The minimum absolute atomic E-state index is 0.0994. The number of nitrogens with one attached hydrogen (secondary N) is 2. The molecule has 0 bridgehead atoms. The fourth-order valence-corrected chi connectivity index (χ4v) is 4.37. The van der Waals surface area contributed by atoms with Gasteiger partial charge in [-0.2, -0.15) is 0 Å². The van der Waals surface area contributed by atoms with Gasteiger partial charge in [0.1, 0.15) is 11.5 Å². The van der Waals surface area contributed by atoms with Gasteiger partial charge in [0, 0.05) is 12.1 Å². The van der Waals surface area contributed by atoms with E-state index in [0.717, 1.165) is 5.56 Å². The first-order valence-corrected chi connectivity index (χ1v) is 11.9. The van der Waals surface area contributed by atoms with Crippen molar-refractivity contribution >= 4 is 51.8 Å². The average molecular weight is 517 g/mol. The highest BCUT2D eigenvalue weighted by atomic mass is 32.2. The van der Waals surface area contributed by atoms with Crippen molar-refractivity contribution in [2.45, 2.75) is 4.34 Å². The zero-order chi connectivity index (χ0) is 25.2. The van der Waals surface area contributed by atoms with Crippen LogP contribution >= 0.6 is 23.1 Å². The summed E-state index contributed by atoms with van der Waals surface area (Å²) in [7, 11) is 6.16. The zero-order valence-corrected chi connectivity index (χ0v) is 21.1. The molecule has 12 heteroatoms. The number of carbonyl (C=O) groups is 2. The number of methoxy groups -OCH3 is 4. The van der Waals surface area contributed by atoms with E-state index in [-0.39, 0.29) is 17.6 Å². The Balaban J connectivity index is 1.52. The number of thioether (sulfide) groups is 1. The molecule has 0 aliphatic heterocycles. The van der Waals surface area contributed by atoms with Crippen molar-refractivity contribution in [3.8, 4) is 23.0 Å². The molecule has 3 rings (SSSR count). The first kappa shape index (κ1) is 25.8. The third kappa shape index (κ3) is 7.36. The zero-order valence-electron chi connectivity index (χ0n) is 19.5. The summed E-state index contributed by atoms with van der Waals surface area (Å²) in [6.07, 6.45) is 3.02. The summed E-state index contributed by atoms with van der Waals surface area (Å²) in [6, 6.07) is 10.4. The summed E-state index contributed by atoms with van der Waals surface area (Å²) in [5.74, 6) is 1.77. The largest absolute Gasteiger partial charge is 0.497 e. The van der Waals surface area contributed by atoms with Crippen LogP contribution in [-0.4, -0.2) is 56.2 Å². The van der Waals surface area contributed by atoms with Crippen LogP contribution in [0.15, 0.2) is 46.8 Å². The summed E-state index contributed by atoms with van der Waals surface area (Å²) >= 11 is 2.37. The second-order valence-corrected chi connectivity index (χ2v) is 8.91. The average Bonchev–Trinajstić information content (AvgIpc) is 3.33. The normalized spacial score (nSPS) is 10.6. The molecule has 0 radical (unpaired) electrons. The summed E-state index contributed by atoms with van der Waals surface area (Å²) in [4.78, 5) is 24.6. The fraction of sp³-hybridized carbons (Fsp3) is 0.217. The highest BCUT2D eigenvalue weighted by Gasteiger charge is 2.12. The SMILES string of the molecule is COc1ccc(OC)c(NC(=O)CSc2nnc(NC(=O)/C=C/c3ccc(OC)c(OC)c3)s2)c1. The maximum absolute atomic E-state index is 12.4. The van der Waals surface area contributed by atoms with Gasteiger partial charge in [-0.15, -0.1) is 10.2 Å². The Hall–Kier alpha value is -3.77. The molecule has 3 aromatic rings. The van der Waals surface area contributed by atoms with Gasteiger partial charge in [0.2, 0.25) is 16.9 Å². The topological polar surface area (TPSA) is 121 Å². The number of aromatic nitrogens is 2. The van der Waals surface area contributed by atoms with Crippen molar-refractivity contribution in [1.82, 2.24) is 10.2 Å². The van der Waals surface area contributed by atoms with Crippen molar-refractivity contribution in [1.29, 1.82) is 0 Å². The Labute approximate surface area is 210 Å². The molecular formula is C23H24N4O6S2. The maximum atomic E-state index is 12.4. The molecule has 1 heterocycles. The molecule has 2 N–H and O–H groups in total. The lowest BCUT2D eigenvalue weighted by molar-refractivity contribution is -0.114. The van der Waals surface area contributed by atoms with Crippen LogP contribution in [0.1, 0.15) is 5.56 Å². The van der Waals surface area contributed by atoms with Crippen molar-refractivity contribution in [2.75, 3.05) is 44.8 Å². The molecule has 0 unspecified atom stereocenters. The van der Waals surface area contributed by atoms with E-state index >= 15 is 0 Å². The van der Waals surface area contributed by atoms with Crippen LogP contribution in [0.25, 0.3) is 6.08 Å². The molecule has 2 aromatic carbocycles. The predicted octanol–water partition coefficient (Wildman–Crippen LogP) is 3.96. The van der Waals surface area contributed by atoms with Gasteiger partial charge in [-0.25, -0.2) is 0 Å². The number of benzene rings is 2. The van der Waals surface area contributed by atoms with E-state index < -0.39 is 0 Å². The van der Waals surface area contributed by atoms with Crippen LogP contribution in [0.5, 0.6) is 23.0 Å². The van der Waals surface area contributed by atoms with Gasteiger partial charge in [0.15, 0.2) is 15.8 Å². The number of hydrogen-bond acceptors (Lipinski definition) is 10. The second-order valence-electron chi connectivity index (χ2n) is 6.71. The van der Waals surface area contributed by atoms with E-state index in [2.05, 4.69) is 20.8 Å². The van der Waals surface area contributed by atoms with E-state index in [0.29, 0.717) is 38.2 Å². The maximum Gasteiger partial charge on any atom is 0.250 e. The fourth-order valence-electron chi connectivity index (χ4n) is 2.82. The van der Waals surface area contributed by atoms with Crippen LogP contribution in [0.2, 0.25) is 0 Å². The van der Waals surface area contributed by atoms with Crippen molar-refractivity contribution in [3.63, 3.8) is 0 Å². The van der Waals surface area contributed by atoms with E-state index in [1.807, 2.05) is 0 Å². The Morgan fingerprint density at radius 1 is 0.914 bits per heavy atom. The van der Waals surface area contributed by atoms with Crippen LogP contribution in [0.4, 0.5) is 10.8 Å². The highest BCUT2D eigenvalue weighted by molar-refractivity contribution is 8.01. The molecule has 2 amide bonds. The Kier molecular flexibility index (Phi) is 9.32. The number of rotatable bonds is 11. The molecule has 35 heavy (non-hydrogen) atoms. The van der Waals surface area contributed by atoms with E-state index in [1.54, 1.807) is 63.8 Å². The Morgan fingerprint density at radius 2 is 1.66 bits per heavy atom. The molecule has 0 aliphatic rings. The molecule has 0 saturated heterocycles. The molecule has 10 nitrogen and oxygen atoms in total. The predicted molar refractivity (Wildman–Crippen MR) is 136 cm³/mol. The molecule has 0 atom stereocenters. The lowest BCUT2D eigenvalue weighted by atomic mass is 10.2. The lowest BCUT2D eigenvalue weighted by Crippen LogP contribution is -2.14. The summed E-state index contributed by atoms with van der Waals surface area (Å²) in [5.41, 5.74) is 1.27.